The highest BCUT2D eigenvalue weighted by Gasteiger charge is 2.18. The largest absolute Gasteiger partial charge is 0.492 e. The molecule has 1 N–H and O–H groups in total. The number of amides is 1. The van der Waals surface area contributed by atoms with Crippen molar-refractivity contribution in [3.63, 3.8) is 0 Å². The molecule has 0 heterocycles. The lowest BCUT2D eigenvalue weighted by Gasteiger charge is -2.15. The second kappa shape index (κ2) is 10.9. The fourth-order valence-electron chi connectivity index (χ4n) is 2.38. The molecular weight excluding hydrogens is 432 g/mol. The van der Waals surface area contributed by atoms with E-state index in [1.165, 1.54) is 38.0 Å². The summed E-state index contributed by atoms with van der Waals surface area (Å²) in [5.41, 5.74) is 0. The Balaban J connectivity index is 1.80. The first-order valence-electron chi connectivity index (χ1n) is 9.09. The summed E-state index contributed by atoms with van der Waals surface area (Å²) >= 11 is 7.38. The van der Waals surface area contributed by atoms with Crippen molar-refractivity contribution >= 4 is 39.3 Å². The lowest BCUT2D eigenvalue weighted by Crippen LogP contribution is -2.35. The zero-order valence-electron chi connectivity index (χ0n) is 16.6. The molecule has 29 heavy (non-hydrogen) atoms. The molecule has 6 nitrogen and oxygen atoms in total. The third-order valence-corrected chi connectivity index (χ3v) is 7.49. The number of rotatable bonds is 10. The number of nitrogens with one attached hydrogen (secondary N) is 1. The van der Waals surface area contributed by atoms with Gasteiger partial charge in [0, 0.05) is 24.0 Å². The van der Waals surface area contributed by atoms with E-state index >= 15 is 0 Å². The summed E-state index contributed by atoms with van der Waals surface area (Å²) in [6, 6.07) is 13.6. The summed E-state index contributed by atoms with van der Waals surface area (Å²) in [6.07, 6.45) is 0.696. The maximum atomic E-state index is 12.4. The van der Waals surface area contributed by atoms with Gasteiger partial charge in [-0.25, -0.2) is 12.7 Å². The van der Waals surface area contributed by atoms with Crippen LogP contribution in [0.2, 0.25) is 5.02 Å². The number of hydrogen-bond donors (Lipinski definition) is 1. The summed E-state index contributed by atoms with van der Waals surface area (Å²) in [7, 11) is -0.493. The second-order valence-corrected chi connectivity index (χ2v) is 10.2. The van der Waals surface area contributed by atoms with Gasteiger partial charge >= 0.3 is 0 Å². The molecule has 0 saturated heterocycles. The number of halogens is 1. The minimum Gasteiger partial charge on any atom is -0.492 e. The zero-order valence-corrected chi connectivity index (χ0v) is 19.0. The van der Waals surface area contributed by atoms with Crippen LogP contribution in [0.3, 0.4) is 0 Å². The molecule has 158 valence electrons. The lowest BCUT2D eigenvalue weighted by atomic mass is 10.3. The van der Waals surface area contributed by atoms with Gasteiger partial charge in [-0.1, -0.05) is 18.5 Å². The number of carbonyl (C=O) groups is 1. The Bertz CT molecular complexity index is 901. The van der Waals surface area contributed by atoms with Crippen molar-refractivity contribution in [1.29, 1.82) is 0 Å². The van der Waals surface area contributed by atoms with E-state index in [0.29, 0.717) is 23.7 Å². The van der Waals surface area contributed by atoms with E-state index in [9.17, 15) is 13.2 Å². The summed E-state index contributed by atoms with van der Waals surface area (Å²) in [5, 5.41) is 3.33. The molecule has 0 aliphatic rings. The molecule has 2 aromatic carbocycles. The van der Waals surface area contributed by atoms with Gasteiger partial charge in [0.25, 0.3) is 0 Å². The number of thioether (sulfide) groups is 1. The van der Waals surface area contributed by atoms with Crippen molar-refractivity contribution in [2.45, 2.75) is 28.4 Å². The average molecular weight is 457 g/mol. The smallest absolute Gasteiger partial charge is 0.242 e. The quantitative estimate of drug-likeness (QED) is 0.436. The Morgan fingerprint density at radius 3 is 2.31 bits per heavy atom. The molecule has 2 rings (SSSR count). The van der Waals surface area contributed by atoms with Gasteiger partial charge in [-0.3, -0.25) is 4.79 Å². The Kier molecular flexibility index (Phi) is 8.82. The van der Waals surface area contributed by atoms with Crippen LogP contribution in [0.25, 0.3) is 0 Å². The number of benzene rings is 2. The van der Waals surface area contributed by atoms with Gasteiger partial charge < -0.3 is 10.1 Å². The molecule has 0 spiro atoms. The van der Waals surface area contributed by atoms with E-state index in [1.807, 2.05) is 19.1 Å². The van der Waals surface area contributed by atoms with Gasteiger partial charge in [0.15, 0.2) is 0 Å². The van der Waals surface area contributed by atoms with E-state index in [0.717, 1.165) is 9.20 Å². The van der Waals surface area contributed by atoms with Gasteiger partial charge in [-0.15, -0.1) is 11.8 Å². The molecule has 0 saturated carbocycles. The van der Waals surface area contributed by atoms with Crippen molar-refractivity contribution in [2.24, 2.45) is 0 Å². The molecule has 0 radical (unpaired) electrons. The third-order valence-electron chi connectivity index (χ3n) is 4.03. The molecule has 0 unspecified atom stereocenters. The van der Waals surface area contributed by atoms with Crippen LogP contribution in [0.5, 0.6) is 5.75 Å². The monoisotopic (exact) mass is 456 g/mol. The molecule has 0 fully saturated rings. The van der Waals surface area contributed by atoms with E-state index in [1.54, 1.807) is 24.3 Å². The number of sulfonamides is 1. The van der Waals surface area contributed by atoms with Gasteiger partial charge in [0.1, 0.15) is 12.4 Å². The fourth-order valence-corrected chi connectivity index (χ4v) is 4.38. The third kappa shape index (κ3) is 6.92. The van der Waals surface area contributed by atoms with E-state index < -0.39 is 10.0 Å². The first-order valence-corrected chi connectivity index (χ1v) is 11.8. The zero-order chi connectivity index (χ0) is 21.4. The van der Waals surface area contributed by atoms with Crippen molar-refractivity contribution in [2.75, 3.05) is 27.2 Å². The average Bonchev–Trinajstić information content (AvgIpc) is 2.70. The predicted molar refractivity (Wildman–Crippen MR) is 117 cm³/mol. The van der Waals surface area contributed by atoms with Gasteiger partial charge in [-0.2, -0.15) is 0 Å². The van der Waals surface area contributed by atoms with Crippen molar-refractivity contribution in [1.82, 2.24) is 9.62 Å². The van der Waals surface area contributed by atoms with Crippen LogP contribution in [0, 0.1) is 0 Å². The van der Waals surface area contributed by atoms with Crippen LogP contribution >= 0.6 is 23.4 Å². The topological polar surface area (TPSA) is 75.7 Å². The summed E-state index contributed by atoms with van der Waals surface area (Å²) in [5.74, 6) is 0.489. The highest BCUT2D eigenvalue weighted by molar-refractivity contribution is 8.00. The molecule has 9 heteroatoms. The van der Waals surface area contributed by atoms with Gasteiger partial charge in [-0.05, 0) is 55.0 Å². The highest BCUT2D eigenvalue weighted by Crippen LogP contribution is 2.26. The number of nitrogens with zero attached hydrogens (tertiary/aromatic N) is 1. The highest BCUT2D eigenvalue weighted by atomic mass is 35.5. The van der Waals surface area contributed by atoms with Crippen LogP contribution < -0.4 is 10.1 Å². The summed E-state index contributed by atoms with van der Waals surface area (Å²) in [6.45, 7) is 2.61. The van der Waals surface area contributed by atoms with E-state index in [4.69, 9.17) is 16.3 Å². The first kappa shape index (κ1) is 23.5. The Morgan fingerprint density at radius 1 is 1.14 bits per heavy atom. The van der Waals surface area contributed by atoms with E-state index in [-0.39, 0.29) is 22.7 Å². The van der Waals surface area contributed by atoms with Crippen LogP contribution in [-0.2, 0) is 14.8 Å². The van der Waals surface area contributed by atoms with Crippen molar-refractivity contribution < 1.29 is 17.9 Å². The minimum absolute atomic E-state index is 0.0523. The molecule has 2 aromatic rings. The SMILES string of the molecule is CC[C@@H](Sc1ccc(Cl)cc1)C(=O)NCCOc1ccc(S(=O)(=O)N(C)C)cc1. The van der Waals surface area contributed by atoms with Crippen molar-refractivity contribution in [3.8, 4) is 5.75 Å². The Hall–Kier alpha value is -1.74. The van der Waals surface area contributed by atoms with Crippen LogP contribution in [0.1, 0.15) is 13.3 Å². The van der Waals surface area contributed by atoms with Gasteiger partial charge in [0.05, 0.1) is 16.7 Å². The number of hydrogen-bond acceptors (Lipinski definition) is 5. The fraction of sp³-hybridized carbons (Fsp3) is 0.350. The maximum Gasteiger partial charge on any atom is 0.242 e. The molecule has 1 amide bonds. The molecular formula is C20H25ClN2O4S2. The van der Waals surface area contributed by atoms with Crippen LogP contribution in [0.4, 0.5) is 0 Å². The van der Waals surface area contributed by atoms with Crippen molar-refractivity contribution in [3.05, 3.63) is 53.6 Å². The lowest BCUT2D eigenvalue weighted by molar-refractivity contribution is -0.120. The standard InChI is InChI=1S/C20H25ClN2O4S2/c1-4-19(28-17-9-5-15(21)6-10-17)20(24)22-13-14-27-16-7-11-18(12-8-16)29(25,26)23(2)3/h5-12,19H,4,13-14H2,1-3H3,(H,22,24)/t19-/m1/s1. The van der Waals surface area contributed by atoms with Crippen LogP contribution in [0.15, 0.2) is 58.3 Å². The number of ether oxygens (including phenoxy) is 1. The molecule has 0 aromatic heterocycles. The minimum atomic E-state index is -3.46. The Morgan fingerprint density at radius 2 is 1.76 bits per heavy atom. The molecule has 1 atom stereocenters. The summed E-state index contributed by atoms with van der Waals surface area (Å²) < 4.78 is 30.8. The molecule has 0 aliphatic carbocycles. The van der Waals surface area contributed by atoms with E-state index in [2.05, 4.69) is 5.32 Å². The molecule has 0 bridgehead atoms. The second-order valence-electron chi connectivity index (χ2n) is 6.37. The normalized spacial score (nSPS) is 12.6. The maximum absolute atomic E-state index is 12.4. The van der Waals surface area contributed by atoms with Crippen LogP contribution in [-0.4, -0.2) is 51.1 Å². The number of carbonyl (C=O) groups excluding carboxylic acids is 1. The molecule has 0 aliphatic heterocycles. The summed E-state index contributed by atoms with van der Waals surface area (Å²) in [4.78, 5) is 13.6. The Labute approximate surface area is 181 Å². The first-order chi connectivity index (χ1) is 13.7. The van der Waals surface area contributed by atoms with Gasteiger partial charge in [0.2, 0.25) is 15.9 Å². The predicted octanol–water partition coefficient (Wildman–Crippen LogP) is 3.66.